The van der Waals surface area contributed by atoms with E-state index in [9.17, 15) is 0 Å². The van der Waals surface area contributed by atoms with Gasteiger partial charge in [0.25, 0.3) is 0 Å². The predicted octanol–water partition coefficient (Wildman–Crippen LogP) is 19.1. The quantitative estimate of drug-likeness (QED) is 0.105. The van der Waals surface area contributed by atoms with Gasteiger partial charge in [-0.25, -0.2) is 0 Å². The molecule has 0 aliphatic carbocycles. The Morgan fingerprint density at radius 1 is 0.419 bits per heavy atom. The molecule has 0 nitrogen and oxygen atoms in total. The summed E-state index contributed by atoms with van der Waals surface area (Å²) >= 11 is -0.826. The van der Waals surface area contributed by atoms with E-state index in [1.165, 1.54) is 99.4 Å². The molecule has 8 rings (SSSR count). The number of halogens is 2. The van der Waals surface area contributed by atoms with Crippen molar-refractivity contribution in [3.05, 3.63) is 179 Å². The third-order valence-electron chi connectivity index (χ3n) is 11.4. The van der Waals surface area contributed by atoms with E-state index in [1.807, 2.05) is 0 Å². The molecule has 0 fully saturated rings. The third kappa shape index (κ3) is 12.3. The number of fused-ring (bicyclic) bond motifs is 2. The summed E-state index contributed by atoms with van der Waals surface area (Å²) in [5.41, 5.74) is 18.9. The van der Waals surface area contributed by atoms with Crippen LogP contribution in [0.5, 0.6) is 0 Å². The second-order valence-corrected chi connectivity index (χ2v) is 22.5. The van der Waals surface area contributed by atoms with Crippen LogP contribution >= 0.6 is 17.0 Å². The van der Waals surface area contributed by atoms with Crippen LogP contribution in [0.4, 0.5) is 0 Å². The molecule has 0 atom stereocenters. The van der Waals surface area contributed by atoms with Crippen molar-refractivity contribution in [2.24, 2.45) is 0 Å². The molecule has 8 aromatic carbocycles. The van der Waals surface area contributed by atoms with Crippen LogP contribution in [0.3, 0.4) is 0 Å². The SMILES string of the molecule is C[Si]C.Cc1cc2c(-c3cc(C(C)C)cc(C(C)C)c3)c(-c3ccccc3)ccc2[cH-]1.Cc1cc2c(-c3cc(C(C)C)cc(C(C)C)c3)c(-c3ccccc3)ccc2[cH-]1.[Cl][Zr+2][Cl]. The molecule has 4 heteroatoms. The molecule has 0 aliphatic rings. The van der Waals surface area contributed by atoms with Crippen molar-refractivity contribution in [2.45, 2.75) is 106 Å². The van der Waals surface area contributed by atoms with Gasteiger partial charge in [-0.1, -0.05) is 203 Å². The monoisotopic (exact) mass is 948 g/mol. The van der Waals surface area contributed by atoms with Crippen molar-refractivity contribution in [3.8, 4) is 44.5 Å². The third-order valence-corrected chi connectivity index (χ3v) is 11.4. The van der Waals surface area contributed by atoms with Crippen LogP contribution in [0, 0.1) is 13.8 Å². The standard InChI is InChI=1S/2C28H29.C2H6Si.2ClH.Zr/c2*1-18(2)23-15-24(19(3)4)17-25(16-23)28-26(21-9-7-6-8-10-21)12-11-22-13-20(5)14-27(22)28;1-3-2;;;/h2*6-19H,1-5H3;1-2H3;2*1H;/q2*-1;;;;+4/p-2. The van der Waals surface area contributed by atoms with Gasteiger partial charge in [-0.2, -0.15) is 12.1 Å². The Hall–Kier alpha value is -3.78. The van der Waals surface area contributed by atoms with E-state index < -0.39 is 20.8 Å². The molecule has 318 valence electrons. The molecule has 62 heavy (non-hydrogen) atoms. The molecule has 8 aromatic rings. The summed E-state index contributed by atoms with van der Waals surface area (Å²) in [6.07, 6.45) is 0. The van der Waals surface area contributed by atoms with E-state index >= 15 is 0 Å². The van der Waals surface area contributed by atoms with Crippen LogP contribution in [-0.2, 0) is 20.8 Å². The minimum absolute atomic E-state index is 0.512. The Morgan fingerprint density at radius 3 is 0.984 bits per heavy atom. The second kappa shape index (κ2) is 23.2. The van der Waals surface area contributed by atoms with Crippen molar-refractivity contribution in [1.29, 1.82) is 0 Å². The first-order valence-corrected chi connectivity index (χ1v) is 30.4. The van der Waals surface area contributed by atoms with Gasteiger partial charge in [-0.3, -0.25) is 0 Å². The van der Waals surface area contributed by atoms with Crippen molar-refractivity contribution in [1.82, 2.24) is 0 Å². The zero-order valence-electron chi connectivity index (χ0n) is 38.9. The number of hydrogen-bond acceptors (Lipinski definition) is 0. The topological polar surface area (TPSA) is 0 Å². The summed E-state index contributed by atoms with van der Waals surface area (Å²) in [5, 5.41) is 5.37. The van der Waals surface area contributed by atoms with Crippen LogP contribution in [0.1, 0.15) is 112 Å². The maximum atomic E-state index is 4.93. The molecule has 0 bridgehead atoms. The number of hydrogen-bond donors (Lipinski definition) is 0. The van der Waals surface area contributed by atoms with E-state index in [-0.39, 0.29) is 0 Å². The van der Waals surface area contributed by atoms with Crippen LogP contribution in [0.15, 0.2) is 146 Å². The Kier molecular flexibility index (Phi) is 18.5. The van der Waals surface area contributed by atoms with E-state index in [4.69, 9.17) is 17.0 Å². The van der Waals surface area contributed by atoms with Gasteiger partial charge in [0, 0.05) is 9.52 Å². The molecule has 0 unspecified atom stereocenters. The van der Waals surface area contributed by atoms with E-state index in [2.05, 4.69) is 228 Å². The van der Waals surface area contributed by atoms with Crippen molar-refractivity contribution in [3.63, 3.8) is 0 Å². The van der Waals surface area contributed by atoms with E-state index in [0.717, 1.165) is 9.52 Å². The normalized spacial score (nSPS) is 11.0. The van der Waals surface area contributed by atoms with Gasteiger partial charge >= 0.3 is 37.9 Å². The van der Waals surface area contributed by atoms with Crippen molar-refractivity contribution < 1.29 is 20.8 Å². The van der Waals surface area contributed by atoms with Crippen LogP contribution in [-0.4, -0.2) is 9.52 Å². The summed E-state index contributed by atoms with van der Waals surface area (Å²) in [7, 11) is 11.0. The predicted molar refractivity (Wildman–Crippen MR) is 276 cm³/mol. The van der Waals surface area contributed by atoms with Gasteiger partial charge in [0.1, 0.15) is 0 Å². The van der Waals surface area contributed by atoms with Crippen molar-refractivity contribution in [2.75, 3.05) is 0 Å². The summed E-state index contributed by atoms with van der Waals surface area (Å²) < 4.78 is 0. The second-order valence-electron chi connectivity index (χ2n) is 17.7. The Bertz CT molecular complexity index is 2410. The zero-order valence-corrected chi connectivity index (χ0v) is 43.9. The first kappa shape index (κ1) is 49.2. The van der Waals surface area contributed by atoms with Crippen LogP contribution < -0.4 is 0 Å². The summed E-state index contributed by atoms with van der Waals surface area (Å²) in [6.45, 7) is 27.0. The summed E-state index contributed by atoms with van der Waals surface area (Å²) in [5.74, 6) is 2.05. The summed E-state index contributed by atoms with van der Waals surface area (Å²) in [4.78, 5) is 0. The Labute approximate surface area is 395 Å². The fourth-order valence-corrected chi connectivity index (χ4v) is 8.18. The van der Waals surface area contributed by atoms with Crippen LogP contribution in [0.25, 0.3) is 66.1 Å². The van der Waals surface area contributed by atoms with Gasteiger partial charge in [0.15, 0.2) is 0 Å². The molecule has 2 radical (unpaired) electrons. The van der Waals surface area contributed by atoms with Crippen LogP contribution in [0.2, 0.25) is 13.1 Å². The maximum absolute atomic E-state index is 4.93. The van der Waals surface area contributed by atoms with Gasteiger partial charge in [0.05, 0.1) is 0 Å². The number of aryl methyl sites for hydroxylation is 2. The molecule has 0 aromatic heterocycles. The molecule has 0 saturated heterocycles. The van der Waals surface area contributed by atoms with E-state index in [0.29, 0.717) is 23.7 Å². The number of rotatable bonds is 8. The fraction of sp³-hybridized carbons (Fsp3) is 0.276. The minimum atomic E-state index is -0.826. The molecular weight excluding hydrogens is 887 g/mol. The molecule has 0 saturated carbocycles. The zero-order chi connectivity index (χ0) is 45.1. The van der Waals surface area contributed by atoms with Gasteiger partial charge in [-0.15, -0.1) is 56.9 Å². The average Bonchev–Trinajstić information content (AvgIpc) is 3.84. The first-order valence-electron chi connectivity index (χ1n) is 22.1. The Morgan fingerprint density at radius 2 is 0.710 bits per heavy atom. The molecular formula is C58H64Cl2SiZr. The fourth-order valence-electron chi connectivity index (χ4n) is 8.18. The van der Waals surface area contributed by atoms with Gasteiger partial charge < -0.3 is 0 Å². The number of benzene rings is 6. The molecule has 0 amide bonds. The first-order chi connectivity index (χ1) is 29.7. The average molecular weight is 951 g/mol. The summed E-state index contributed by atoms with van der Waals surface area (Å²) in [6, 6.07) is 54.3. The van der Waals surface area contributed by atoms with E-state index in [1.54, 1.807) is 0 Å². The molecule has 0 heterocycles. The molecule has 0 aliphatic heterocycles. The van der Waals surface area contributed by atoms with Gasteiger partial charge in [0.2, 0.25) is 0 Å². The molecule has 0 N–H and O–H groups in total. The van der Waals surface area contributed by atoms with Gasteiger partial charge in [-0.05, 0) is 79.3 Å². The molecule has 0 spiro atoms. The van der Waals surface area contributed by atoms with Crippen molar-refractivity contribution >= 4 is 48.1 Å². The Balaban J connectivity index is 0.000000208.